The smallest absolute Gasteiger partial charge is 0.329 e. The molecule has 4 fully saturated rings. The summed E-state index contributed by atoms with van der Waals surface area (Å²) in [6.45, 7) is 6.96. The van der Waals surface area contributed by atoms with Gasteiger partial charge in [0.15, 0.2) is 11.6 Å². The Bertz CT molecular complexity index is 1350. The number of likely N-dealkylation sites (tertiary alicyclic amines) is 1. The van der Waals surface area contributed by atoms with Crippen molar-refractivity contribution in [1.29, 1.82) is 0 Å². The minimum Gasteiger partial charge on any atom is -0.369 e. The van der Waals surface area contributed by atoms with Crippen LogP contribution in [-0.2, 0) is 16.6 Å². The van der Waals surface area contributed by atoms with Crippen LogP contribution in [0.3, 0.4) is 0 Å². The Morgan fingerprint density at radius 1 is 0.854 bits per heavy atom. The van der Waals surface area contributed by atoms with E-state index in [-0.39, 0.29) is 29.6 Å². The third kappa shape index (κ3) is 5.67. The van der Waals surface area contributed by atoms with Gasteiger partial charge in [0.05, 0.1) is 5.69 Å². The summed E-state index contributed by atoms with van der Waals surface area (Å²) in [5, 5.41) is 5.67. The molecule has 0 aliphatic carbocycles. The number of halogens is 2. The normalized spacial score (nSPS) is 24.4. The first-order valence-corrected chi connectivity index (χ1v) is 15.4. The van der Waals surface area contributed by atoms with E-state index < -0.39 is 35.2 Å². The highest BCUT2D eigenvalue weighted by Crippen LogP contribution is 2.35. The van der Waals surface area contributed by atoms with Crippen molar-refractivity contribution in [2.75, 3.05) is 50.7 Å². The summed E-state index contributed by atoms with van der Waals surface area (Å²) in [4.78, 5) is 41.6. The number of anilines is 1. The van der Waals surface area contributed by atoms with Gasteiger partial charge in [-0.15, -0.1) is 0 Å². The van der Waals surface area contributed by atoms with Gasteiger partial charge in [-0.1, -0.05) is 0 Å². The second kappa shape index (κ2) is 11.8. The van der Waals surface area contributed by atoms with E-state index in [1.165, 1.54) is 52.2 Å². The molecule has 4 aliphatic rings. The van der Waals surface area contributed by atoms with Crippen molar-refractivity contribution in [3.8, 4) is 0 Å². The molecule has 224 valence electrons. The molecule has 9 nitrogen and oxygen atoms in total. The predicted octanol–water partition coefficient (Wildman–Crippen LogP) is 2.91. The first-order valence-electron chi connectivity index (χ1n) is 15.4. The highest BCUT2D eigenvalue weighted by atomic mass is 19.1. The maximum absolute atomic E-state index is 15.9. The fourth-order valence-electron chi connectivity index (χ4n) is 7.64. The average molecular weight is 573 g/mol. The summed E-state index contributed by atoms with van der Waals surface area (Å²) >= 11 is 0. The second-order valence-corrected chi connectivity index (χ2v) is 12.7. The van der Waals surface area contributed by atoms with E-state index in [4.69, 9.17) is 0 Å². The van der Waals surface area contributed by atoms with Crippen LogP contribution in [-0.4, -0.2) is 71.7 Å². The van der Waals surface area contributed by atoms with Gasteiger partial charge in [0.2, 0.25) is 11.8 Å². The number of hydrogen-bond acceptors (Lipinski definition) is 6. The lowest BCUT2D eigenvalue weighted by Crippen LogP contribution is -2.44. The fourth-order valence-corrected chi connectivity index (χ4v) is 7.64. The van der Waals surface area contributed by atoms with Crippen LogP contribution < -0.4 is 21.2 Å². The molecule has 5 heterocycles. The minimum absolute atomic E-state index is 0.0345. The van der Waals surface area contributed by atoms with E-state index >= 15 is 8.78 Å². The van der Waals surface area contributed by atoms with Gasteiger partial charge >= 0.3 is 5.69 Å². The lowest BCUT2D eigenvalue weighted by Gasteiger charge is -2.39. The Hall–Kier alpha value is -2.79. The number of imide groups is 1. The second-order valence-electron chi connectivity index (χ2n) is 12.7. The number of piperidine rings is 4. The molecule has 1 atom stereocenters. The lowest BCUT2D eigenvalue weighted by molar-refractivity contribution is -0.135. The van der Waals surface area contributed by atoms with E-state index in [0.29, 0.717) is 19.0 Å². The summed E-state index contributed by atoms with van der Waals surface area (Å²) in [5.41, 5.74) is -0.901. The number of hydrogen-bond donors (Lipinski definition) is 2. The maximum atomic E-state index is 15.9. The van der Waals surface area contributed by atoms with Crippen LogP contribution in [0.4, 0.5) is 14.5 Å². The molecule has 2 aromatic rings. The van der Waals surface area contributed by atoms with Crippen molar-refractivity contribution in [3.63, 3.8) is 0 Å². The Kier molecular flexibility index (Phi) is 8.18. The molecule has 1 unspecified atom stereocenters. The Labute approximate surface area is 239 Å². The number of benzene rings is 1. The van der Waals surface area contributed by atoms with Gasteiger partial charge in [-0.05, 0) is 95.3 Å². The summed E-state index contributed by atoms with van der Waals surface area (Å²) < 4.78 is 33.6. The molecule has 0 saturated carbocycles. The highest BCUT2D eigenvalue weighted by molar-refractivity contribution is 6.00. The molecule has 4 saturated heterocycles. The van der Waals surface area contributed by atoms with Crippen LogP contribution in [0.1, 0.15) is 63.8 Å². The monoisotopic (exact) mass is 572 g/mol. The summed E-state index contributed by atoms with van der Waals surface area (Å²) in [6, 6.07) is 0.0986. The fraction of sp³-hybridized carbons (Fsp3) is 0.700. The first-order chi connectivity index (χ1) is 19.8. The zero-order chi connectivity index (χ0) is 28.7. The van der Waals surface area contributed by atoms with Crippen molar-refractivity contribution >= 4 is 28.5 Å². The molecule has 0 radical (unpaired) electrons. The van der Waals surface area contributed by atoms with Crippen LogP contribution in [0.2, 0.25) is 0 Å². The van der Waals surface area contributed by atoms with Crippen molar-refractivity contribution in [3.05, 3.63) is 28.2 Å². The SMILES string of the molecule is Cn1c(=O)n(C2CCC(=O)NC2=O)c2c(F)cc(N3CCC(CN4CCC(CC5CCNCC5)CC4)CC3)c(F)c21. The summed E-state index contributed by atoms with van der Waals surface area (Å²) in [6.07, 6.45) is 8.49. The molecule has 41 heavy (non-hydrogen) atoms. The molecule has 2 N–H and O–H groups in total. The number of carbonyl (C=O) groups is 2. The van der Waals surface area contributed by atoms with Gasteiger partial charge in [-0.25, -0.2) is 13.6 Å². The maximum Gasteiger partial charge on any atom is 0.329 e. The Morgan fingerprint density at radius 3 is 2.20 bits per heavy atom. The van der Waals surface area contributed by atoms with Gasteiger partial charge in [0.25, 0.3) is 0 Å². The largest absolute Gasteiger partial charge is 0.369 e. The quantitative estimate of drug-likeness (QED) is 0.518. The van der Waals surface area contributed by atoms with E-state index in [1.807, 2.05) is 4.90 Å². The van der Waals surface area contributed by atoms with Crippen molar-refractivity contribution in [2.45, 2.75) is 63.8 Å². The zero-order valence-corrected chi connectivity index (χ0v) is 24.0. The van der Waals surface area contributed by atoms with Crippen LogP contribution >= 0.6 is 0 Å². The van der Waals surface area contributed by atoms with Crippen LogP contribution in [0, 0.1) is 29.4 Å². The molecule has 1 aromatic carbocycles. The molecule has 0 bridgehead atoms. The molecule has 1 aromatic heterocycles. The van der Waals surface area contributed by atoms with E-state index in [2.05, 4.69) is 15.5 Å². The van der Waals surface area contributed by atoms with E-state index in [1.54, 1.807) is 0 Å². The van der Waals surface area contributed by atoms with E-state index in [9.17, 15) is 14.4 Å². The van der Waals surface area contributed by atoms with E-state index in [0.717, 1.165) is 59.5 Å². The lowest BCUT2D eigenvalue weighted by atomic mass is 9.83. The molecule has 4 aliphatic heterocycles. The van der Waals surface area contributed by atoms with Crippen molar-refractivity contribution in [1.82, 2.24) is 24.7 Å². The third-order valence-electron chi connectivity index (χ3n) is 10.0. The van der Waals surface area contributed by atoms with Crippen LogP contribution in [0.5, 0.6) is 0 Å². The molecular weight excluding hydrogens is 530 g/mol. The summed E-state index contributed by atoms with van der Waals surface area (Å²) in [7, 11) is 1.39. The predicted molar refractivity (Wildman–Crippen MR) is 153 cm³/mol. The van der Waals surface area contributed by atoms with Gasteiger partial charge in [-0.2, -0.15) is 0 Å². The molecule has 0 spiro atoms. The number of aryl methyl sites for hydroxylation is 1. The molecular formula is C30H42F2N6O3. The Morgan fingerprint density at radius 2 is 1.51 bits per heavy atom. The first kappa shape index (κ1) is 28.3. The standard InChI is InChI=1S/C30H42F2N6O3/c1-35-28-26(32)24(17-22(31)27(28)38(30(35)41)23-2-3-25(39)34-29(23)40)37-14-8-21(9-15-37)18-36-12-6-20(7-13-36)16-19-4-10-33-11-5-19/h17,19-21,23,33H,2-16,18H2,1H3,(H,34,39,40). The number of nitrogens with one attached hydrogen (secondary N) is 2. The number of rotatable bonds is 6. The van der Waals surface area contributed by atoms with Gasteiger partial charge in [0.1, 0.15) is 17.1 Å². The van der Waals surface area contributed by atoms with Gasteiger partial charge < -0.3 is 15.1 Å². The zero-order valence-electron chi connectivity index (χ0n) is 24.0. The van der Waals surface area contributed by atoms with Crippen molar-refractivity contribution < 1.29 is 18.4 Å². The van der Waals surface area contributed by atoms with Gasteiger partial charge in [-0.3, -0.25) is 24.0 Å². The average Bonchev–Trinajstić information content (AvgIpc) is 3.23. The highest BCUT2D eigenvalue weighted by Gasteiger charge is 2.35. The minimum atomic E-state index is -1.06. The summed E-state index contributed by atoms with van der Waals surface area (Å²) in [5.74, 6) is -0.233. The Balaban J connectivity index is 1.09. The number of carbonyl (C=O) groups excluding carboxylic acids is 2. The molecule has 2 amide bonds. The molecule has 6 rings (SSSR count). The third-order valence-corrected chi connectivity index (χ3v) is 10.0. The topological polar surface area (TPSA) is 91.6 Å². The number of amides is 2. The number of aromatic nitrogens is 2. The number of nitrogens with zero attached hydrogens (tertiary/aromatic N) is 4. The number of fused-ring (bicyclic) bond motifs is 1. The van der Waals surface area contributed by atoms with Crippen LogP contribution in [0.15, 0.2) is 10.9 Å². The van der Waals surface area contributed by atoms with Crippen LogP contribution in [0.25, 0.3) is 11.0 Å². The molecule has 11 heteroatoms. The van der Waals surface area contributed by atoms with Crippen molar-refractivity contribution in [2.24, 2.45) is 24.8 Å². The number of imidazole rings is 1. The van der Waals surface area contributed by atoms with Gasteiger partial charge in [0, 0.05) is 39.2 Å².